The molecule has 2 aromatic rings. The number of benzene rings is 1. The van der Waals surface area contributed by atoms with Gasteiger partial charge in [-0.15, -0.1) is 0 Å². The van der Waals surface area contributed by atoms with Gasteiger partial charge in [0.05, 0.1) is 18.5 Å². The molecule has 0 fully saturated rings. The third kappa shape index (κ3) is 2.14. The van der Waals surface area contributed by atoms with Crippen molar-refractivity contribution in [2.45, 2.75) is 0 Å². The minimum atomic E-state index is 0.784. The van der Waals surface area contributed by atoms with Gasteiger partial charge in [-0.2, -0.15) is 0 Å². The topological polar surface area (TPSA) is 25.4 Å². The van der Waals surface area contributed by atoms with Gasteiger partial charge in [0.1, 0.15) is 6.20 Å². The summed E-state index contributed by atoms with van der Waals surface area (Å²) in [6.45, 7) is 0. The SMILES string of the molecule is CON(c1[c]nccc1)c1ccccc1. The van der Waals surface area contributed by atoms with E-state index in [0.29, 0.717) is 0 Å². The van der Waals surface area contributed by atoms with Crippen molar-refractivity contribution in [1.82, 2.24) is 4.98 Å². The summed E-state index contributed by atoms with van der Waals surface area (Å²) in [6, 6.07) is 13.5. The van der Waals surface area contributed by atoms with E-state index in [1.165, 1.54) is 0 Å². The van der Waals surface area contributed by atoms with Crippen molar-refractivity contribution in [2.75, 3.05) is 12.2 Å². The van der Waals surface area contributed by atoms with Crippen LogP contribution in [-0.4, -0.2) is 12.1 Å². The highest BCUT2D eigenvalue weighted by Crippen LogP contribution is 2.23. The second-order valence-electron chi connectivity index (χ2n) is 2.95. The lowest BCUT2D eigenvalue weighted by Crippen LogP contribution is -2.14. The summed E-state index contributed by atoms with van der Waals surface area (Å²) in [5, 5.41) is 1.67. The minimum Gasteiger partial charge on any atom is -0.272 e. The maximum absolute atomic E-state index is 5.28. The molecule has 0 aliphatic heterocycles. The summed E-state index contributed by atoms with van der Waals surface area (Å²) in [4.78, 5) is 9.22. The number of rotatable bonds is 3. The van der Waals surface area contributed by atoms with Gasteiger partial charge in [-0.05, 0) is 24.3 Å². The van der Waals surface area contributed by atoms with E-state index < -0.39 is 0 Å². The Kier molecular flexibility index (Phi) is 2.95. The van der Waals surface area contributed by atoms with Crippen LogP contribution < -0.4 is 5.06 Å². The molecule has 3 heteroatoms. The van der Waals surface area contributed by atoms with Crippen molar-refractivity contribution in [3.05, 3.63) is 54.9 Å². The highest BCUT2D eigenvalue weighted by Gasteiger charge is 2.07. The Bertz CT molecular complexity index is 363. The lowest BCUT2D eigenvalue weighted by molar-refractivity contribution is 0.201. The molecule has 1 radical (unpaired) electrons. The van der Waals surface area contributed by atoms with Crippen LogP contribution in [0.5, 0.6) is 0 Å². The molecule has 0 N–H and O–H groups in total. The van der Waals surface area contributed by atoms with Crippen molar-refractivity contribution in [3.63, 3.8) is 0 Å². The Hall–Kier alpha value is -1.87. The molecule has 1 aromatic carbocycles. The van der Waals surface area contributed by atoms with Crippen LogP contribution in [0.2, 0.25) is 0 Å². The molecule has 0 aliphatic carbocycles. The molecular weight excluding hydrogens is 188 g/mol. The summed E-state index contributed by atoms with van der Waals surface area (Å²) >= 11 is 0. The van der Waals surface area contributed by atoms with Crippen LogP contribution in [0.1, 0.15) is 0 Å². The highest BCUT2D eigenvalue weighted by molar-refractivity contribution is 5.58. The number of nitrogens with zero attached hydrogens (tertiary/aromatic N) is 2. The van der Waals surface area contributed by atoms with Gasteiger partial charge >= 0.3 is 0 Å². The summed E-state index contributed by atoms with van der Waals surface area (Å²) in [7, 11) is 1.62. The monoisotopic (exact) mass is 199 g/mol. The predicted molar refractivity (Wildman–Crippen MR) is 58.7 cm³/mol. The van der Waals surface area contributed by atoms with E-state index in [4.69, 9.17) is 4.84 Å². The van der Waals surface area contributed by atoms with Gasteiger partial charge in [0.2, 0.25) is 0 Å². The number of aromatic nitrogens is 1. The summed E-state index contributed by atoms with van der Waals surface area (Å²) in [5.74, 6) is 0. The van der Waals surface area contributed by atoms with Crippen LogP contribution >= 0.6 is 0 Å². The quantitative estimate of drug-likeness (QED) is 0.710. The zero-order chi connectivity index (χ0) is 10.5. The third-order valence-corrected chi connectivity index (χ3v) is 1.99. The Labute approximate surface area is 88.9 Å². The van der Waals surface area contributed by atoms with Gasteiger partial charge < -0.3 is 0 Å². The Balaban J connectivity index is 2.34. The van der Waals surface area contributed by atoms with Crippen molar-refractivity contribution in [2.24, 2.45) is 0 Å². The molecule has 0 aliphatic rings. The summed E-state index contributed by atoms with van der Waals surface area (Å²) < 4.78 is 0. The molecule has 2 rings (SSSR count). The molecule has 0 unspecified atom stereocenters. The second-order valence-corrected chi connectivity index (χ2v) is 2.95. The molecule has 0 saturated heterocycles. The van der Waals surface area contributed by atoms with Gasteiger partial charge in [0.25, 0.3) is 0 Å². The van der Waals surface area contributed by atoms with Crippen molar-refractivity contribution in [1.29, 1.82) is 0 Å². The molecule has 1 aromatic heterocycles. The third-order valence-electron chi connectivity index (χ3n) is 1.99. The van der Waals surface area contributed by atoms with Gasteiger partial charge in [-0.3, -0.25) is 9.82 Å². The first-order valence-corrected chi connectivity index (χ1v) is 4.64. The molecule has 0 bridgehead atoms. The zero-order valence-corrected chi connectivity index (χ0v) is 8.42. The van der Waals surface area contributed by atoms with E-state index in [9.17, 15) is 0 Å². The molecule has 15 heavy (non-hydrogen) atoms. The van der Waals surface area contributed by atoms with Crippen LogP contribution in [0.15, 0.2) is 48.7 Å². The fourth-order valence-electron chi connectivity index (χ4n) is 1.34. The molecule has 3 nitrogen and oxygen atoms in total. The number of hydrogen-bond donors (Lipinski definition) is 0. The standard InChI is InChI=1S/C12H11N2O/c1-15-14(11-6-3-2-4-7-11)12-8-5-9-13-10-12/h2-9H,1H3. The molecule has 0 saturated carbocycles. The van der Waals surface area contributed by atoms with Crippen LogP contribution in [0.3, 0.4) is 0 Å². The summed E-state index contributed by atoms with van der Waals surface area (Å²) in [6.07, 6.45) is 4.55. The lowest BCUT2D eigenvalue weighted by Gasteiger charge is -2.20. The normalized spacial score (nSPS) is 9.93. The van der Waals surface area contributed by atoms with E-state index in [2.05, 4.69) is 11.2 Å². The van der Waals surface area contributed by atoms with Gasteiger partial charge in [-0.25, -0.2) is 5.06 Å². The molecule has 1 heterocycles. The van der Waals surface area contributed by atoms with Gasteiger partial charge in [0, 0.05) is 6.20 Å². The van der Waals surface area contributed by atoms with E-state index in [1.807, 2.05) is 42.5 Å². The van der Waals surface area contributed by atoms with E-state index in [-0.39, 0.29) is 0 Å². The van der Waals surface area contributed by atoms with Crippen LogP contribution in [0.25, 0.3) is 0 Å². The molecule has 0 amide bonds. The average Bonchev–Trinajstić information content (AvgIpc) is 2.33. The van der Waals surface area contributed by atoms with Crippen LogP contribution in [0.4, 0.5) is 11.4 Å². The minimum absolute atomic E-state index is 0.784. The van der Waals surface area contributed by atoms with Crippen molar-refractivity contribution < 1.29 is 4.84 Å². The van der Waals surface area contributed by atoms with E-state index >= 15 is 0 Å². The number of hydrogen-bond acceptors (Lipinski definition) is 3. The Morgan fingerprint density at radius 2 is 1.93 bits per heavy atom. The average molecular weight is 199 g/mol. The predicted octanol–water partition coefficient (Wildman–Crippen LogP) is 2.58. The first-order valence-electron chi connectivity index (χ1n) is 4.64. The van der Waals surface area contributed by atoms with Gasteiger partial charge in [-0.1, -0.05) is 18.2 Å². The zero-order valence-electron chi connectivity index (χ0n) is 8.42. The maximum Gasteiger partial charge on any atom is 0.117 e. The Morgan fingerprint density at radius 3 is 2.53 bits per heavy atom. The smallest absolute Gasteiger partial charge is 0.117 e. The highest BCUT2D eigenvalue weighted by atomic mass is 16.7. The first-order chi connectivity index (χ1) is 7.42. The largest absolute Gasteiger partial charge is 0.272 e. The number of anilines is 2. The van der Waals surface area contributed by atoms with Gasteiger partial charge in [0.15, 0.2) is 0 Å². The lowest BCUT2D eigenvalue weighted by atomic mass is 10.3. The fraction of sp³-hybridized carbons (Fsp3) is 0.0833. The number of para-hydroxylation sites is 1. The second kappa shape index (κ2) is 4.57. The molecule has 0 spiro atoms. The van der Waals surface area contributed by atoms with Crippen molar-refractivity contribution in [3.8, 4) is 0 Å². The maximum atomic E-state index is 5.28. The fourth-order valence-corrected chi connectivity index (χ4v) is 1.34. The number of pyridine rings is 1. The molecular formula is C12H11N2O. The summed E-state index contributed by atoms with van der Waals surface area (Å²) in [5.41, 5.74) is 1.73. The molecule has 75 valence electrons. The van der Waals surface area contributed by atoms with Crippen LogP contribution in [-0.2, 0) is 4.84 Å². The van der Waals surface area contributed by atoms with Crippen molar-refractivity contribution >= 4 is 11.4 Å². The van der Waals surface area contributed by atoms with E-state index in [1.54, 1.807) is 18.4 Å². The Morgan fingerprint density at radius 1 is 1.13 bits per heavy atom. The van der Waals surface area contributed by atoms with E-state index in [0.717, 1.165) is 11.4 Å². The van der Waals surface area contributed by atoms with Crippen LogP contribution in [0, 0.1) is 6.20 Å². The molecule has 0 atom stereocenters. The first kappa shape index (κ1) is 9.68.